The fourth-order valence-corrected chi connectivity index (χ4v) is 4.59. The Balaban J connectivity index is 1.60. The van der Waals surface area contributed by atoms with Crippen LogP contribution in [0, 0.1) is 10.7 Å². The highest BCUT2D eigenvalue weighted by Crippen LogP contribution is 2.35. The van der Waals surface area contributed by atoms with Crippen LogP contribution in [0.25, 0.3) is 11.4 Å². The van der Waals surface area contributed by atoms with Crippen molar-refractivity contribution in [1.82, 2.24) is 24.2 Å². The minimum Gasteiger partial charge on any atom is -0.303 e. The molecule has 0 unspecified atom stereocenters. The molecule has 2 atom stereocenters. The summed E-state index contributed by atoms with van der Waals surface area (Å²) in [5, 5.41) is 4.82. The molecule has 1 saturated carbocycles. The van der Waals surface area contributed by atoms with Gasteiger partial charge in [0.25, 0.3) is 0 Å². The van der Waals surface area contributed by atoms with Gasteiger partial charge in [-0.1, -0.05) is 12.8 Å². The van der Waals surface area contributed by atoms with E-state index in [1.54, 1.807) is 12.4 Å². The second kappa shape index (κ2) is 6.76. The first-order chi connectivity index (χ1) is 11.7. The normalized spacial score (nSPS) is 24.7. The van der Waals surface area contributed by atoms with Gasteiger partial charge in [-0.25, -0.2) is 4.68 Å². The Bertz CT molecular complexity index is 749. The Morgan fingerprint density at radius 3 is 2.71 bits per heavy atom. The van der Waals surface area contributed by atoms with Gasteiger partial charge in [0, 0.05) is 37.6 Å². The van der Waals surface area contributed by atoms with Gasteiger partial charge in [0.15, 0.2) is 10.6 Å². The maximum absolute atomic E-state index is 5.65. The van der Waals surface area contributed by atoms with Crippen LogP contribution in [0.3, 0.4) is 0 Å². The molecule has 5 nitrogen and oxygen atoms in total. The third kappa shape index (κ3) is 2.93. The van der Waals surface area contributed by atoms with E-state index in [0.717, 1.165) is 34.8 Å². The molecule has 1 aliphatic carbocycles. The average Bonchev–Trinajstić information content (AvgIpc) is 2.91. The Hall–Kier alpha value is -1.53. The number of likely N-dealkylation sites (tertiary alicyclic amines) is 1. The van der Waals surface area contributed by atoms with E-state index in [1.807, 2.05) is 28.4 Å². The zero-order valence-electron chi connectivity index (χ0n) is 14.3. The van der Waals surface area contributed by atoms with Crippen LogP contribution in [0.4, 0.5) is 0 Å². The quantitative estimate of drug-likeness (QED) is 0.798. The number of nitrogens with zero attached hydrogens (tertiary/aromatic N) is 5. The first kappa shape index (κ1) is 16.0. The summed E-state index contributed by atoms with van der Waals surface area (Å²) in [7, 11) is 2.00. The van der Waals surface area contributed by atoms with E-state index in [-0.39, 0.29) is 0 Å². The summed E-state index contributed by atoms with van der Waals surface area (Å²) >= 11 is 5.65. The summed E-state index contributed by atoms with van der Waals surface area (Å²) < 4.78 is 4.80. The third-order valence-corrected chi connectivity index (χ3v) is 6.14. The standard InChI is InChI=1S/C18H25N5S/c1-21-17(15-8-10-19-11-9-15)20-23(18(21)24)13-22-12-4-6-14-5-2-3-7-16(14)22/h8-11,14,16H,2-7,12-13H2,1H3/t14-,16+/m1/s1. The zero-order chi connectivity index (χ0) is 16.5. The Morgan fingerprint density at radius 1 is 1.12 bits per heavy atom. The minimum absolute atomic E-state index is 0.723. The second-order valence-corrected chi connectivity index (χ2v) is 7.47. The van der Waals surface area contributed by atoms with Gasteiger partial charge in [0.2, 0.25) is 0 Å². The molecule has 0 aromatic carbocycles. The van der Waals surface area contributed by atoms with E-state index in [9.17, 15) is 0 Å². The van der Waals surface area contributed by atoms with Gasteiger partial charge in [0.1, 0.15) is 0 Å². The van der Waals surface area contributed by atoms with Crippen molar-refractivity contribution >= 4 is 12.2 Å². The lowest BCUT2D eigenvalue weighted by Crippen LogP contribution is -2.47. The van der Waals surface area contributed by atoms with Crippen LogP contribution in [-0.2, 0) is 13.7 Å². The van der Waals surface area contributed by atoms with E-state index in [2.05, 4.69) is 9.88 Å². The molecule has 0 radical (unpaired) electrons. The lowest BCUT2D eigenvalue weighted by Gasteiger charge is -2.43. The number of hydrogen-bond acceptors (Lipinski definition) is 4. The van der Waals surface area contributed by atoms with Crippen molar-refractivity contribution < 1.29 is 0 Å². The molecule has 1 saturated heterocycles. The predicted molar refractivity (Wildman–Crippen MR) is 96.9 cm³/mol. The molecular weight excluding hydrogens is 318 g/mol. The number of pyridine rings is 1. The SMILES string of the molecule is Cn1c(-c2ccncc2)nn(CN2CCC[C@H]3CCCC[C@@H]32)c1=S. The second-order valence-electron chi connectivity index (χ2n) is 7.11. The van der Waals surface area contributed by atoms with Gasteiger partial charge in [-0.05, 0) is 56.0 Å². The smallest absolute Gasteiger partial charge is 0.199 e. The zero-order valence-corrected chi connectivity index (χ0v) is 15.1. The molecule has 0 bridgehead atoms. The maximum atomic E-state index is 5.65. The first-order valence-electron chi connectivity index (χ1n) is 9.02. The van der Waals surface area contributed by atoms with Crippen molar-refractivity contribution in [2.24, 2.45) is 13.0 Å². The molecule has 2 aromatic heterocycles. The summed E-state index contributed by atoms with van der Waals surface area (Å²) in [4.78, 5) is 6.71. The Morgan fingerprint density at radius 2 is 1.88 bits per heavy atom. The van der Waals surface area contributed by atoms with E-state index in [1.165, 1.54) is 45.1 Å². The van der Waals surface area contributed by atoms with Crippen molar-refractivity contribution in [3.63, 3.8) is 0 Å². The van der Waals surface area contributed by atoms with Gasteiger partial charge in [-0.2, -0.15) is 5.10 Å². The molecule has 1 aliphatic heterocycles. The van der Waals surface area contributed by atoms with Crippen molar-refractivity contribution in [2.75, 3.05) is 6.54 Å². The number of hydrogen-bond donors (Lipinski definition) is 0. The fourth-order valence-electron chi connectivity index (χ4n) is 4.41. The van der Waals surface area contributed by atoms with Crippen molar-refractivity contribution in [2.45, 2.75) is 51.2 Å². The molecule has 3 heterocycles. The molecule has 2 aliphatic rings. The van der Waals surface area contributed by atoms with Crippen molar-refractivity contribution in [3.05, 3.63) is 29.3 Å². The van der Waals surface area contributed by atoms with Gasteiger partial charge in [0.05, 0.1) is 6.67 Å². The molecule has 2 aromatic rings. The van der Waals surface area contributed by atoms with Gasteiger partial charge >= 0.3 is 0 Å². The van der Waals surface area contributed by atoms with Crippen molar-refractivity contribution in [3.8, 4) is 11.4 Å². The van der Waals surface area contributed by atoms with E-state index < -0.39 is 0 Å². The van der Waals surface area contributed by atoms with E-state index >= 15 is 0 Å². The molecule has 0 spiro atoms. The van der Waals surface area contributed by atoms with E-state index in [0.29, 0.717) is 0 Å². The minimum atomic E-state index is 0.723. The number of rotatable bonds is 3. The van der Waals surface area contributed by atoms with Gasteiger partial charge in [-0.15, -0.1) is 0 Å². The van der Waals surface area contributed by atoms with Crippen LogP contribution in [0.5, 0.6) is 0 Å². The lowest BCUT2D eigenvalue weighted by atomic mass is 9.78. The van der Waals surface area contributed by atoms with Crippen LogP contribution >= 0.6 is 12.2 Å². The average molecular weight is 344 g/mol. The molecule has 4 rings (SSSR count). The molecule has 6 heteroatoms. The number of fused-ring (bicyclic) bond motifs is 1. The summed E-state index contributed by atoms with van der Waals surface area (Å²) in [6.45, 7) is 1.99. The summed E-state index contributed by atoms with van der Waals surface area (Å²) in [5.41, 5.74) is 1.06. The van der Waals surface area contributed by atoms with Gasteiger partial charge in [-0.3, -0.25) is 9.88 Å². The molecular formula is C18H25N5S. The summed E-state index contributed by atoms with van der Waals surface area (Å²) in [6.07, 6.45) is 11.8. The molecule has 24 heavy (non-hydrogen) atoms. The Labute approximate surface area is 148 Å². The largest absolute Gasteiger partial charge is 0.303 e. The molecule has 2 fully saturated rings. The first-order valence-corrected chi connectivity index (χ1v) is 9.43. The van der Waals surface area contributed by atoms with E-state index in [4.69, 9.17) is 17.3 Å². The third-order valence-electron chi connectivity index (χ3n) is 5.65. The highest BCUT2D eigenvalue weighted by molar-refractivity contribution is 7.71. The van der Waals surface area contributed by atoms with Crippen LogP contribution < -0.4 is 0 Å². The lowest BCUT2D eigenvalue weighted by molar-refractivity contribution is 0.0323. The summed E-state index contributed by atoms with van der Waals surface area (Å²) in [6, 6.07) is 4.69. The number of piperidine rings is 1. The predicted octanol–water partition coefficient (Wildman–Crippen LogP) is 3.63. The van der Waals surface area contributed by atoms with Crippen molar-refractivity contribution in [1.29, 1.82) is 0 Å². The fraction of sp³-hybridized carbons (Fsp3) is 0.611. The molecule has 0 N–H and O–H groups in total. The number of aromatic nitrogens is 4. The van der Waals surface area contributed by atoms with Crippen LogP contribution in [0.2, 0.25) is 0 Å². The van der Waals surface area contributed by atoms with Crippen LogP contribution in [0.15, 0.2) is 24.5 Å². The maximum Gasteiger partial charge on any atom is 0.199 e. The van der Waals surface area contributed by atoms with Gasteiger partial charge < -0.3 is 4.57 Å². The highest BCUT2D eigenvalue weighted by atomic mass is 32.1. The van der Waals surface area contributed by atoms with Crippen LogP contribution in [-0.4, -0.2) is 36.8 Å². The highest BCUT2D eigenvalue weighted by Gasteiger charge is 2.33. The molecule has 128 valence electrons. The topological polar surface area (TPSA) is 38.9 Å². The molecule has 0 amide bonds. The Kier molecular flexibility index (Phi) is 4.50. The monoisotopic (exact) mass is 343 g/mol. The van der Waals surface area contributed by atoms with Crippen LogP contribution in [0.1, 0.15) is 38.5 Å². The summed E-state index contributed by atoms with van der Waals surface area (Å²) in [5.74, 6) is 1.80.